The van der Waals surface area contributed by atoms with Gasteiger partial charge in [-0.3, -0.25) is 0 Å². The van der Waals surface area contributed by atoms with Gasteiger partial charge in [-0.25, -0.2) is 18.5 Å². The van der Waals surface area contributed by atoms with Gasteiger partial charge < -0.3 is 10.4 Å². The third-order valence-corrected chi connectivity index (χ3v) is 7.89. The van der Waals surface area contributed by atoms with Gasteiger partial charge in [0.15, 0.2) is 19.9 Å². The molecule has 2 amide bonds. The molecule has 0 fully saturated rings. The number of anilines is 1. The van der Waals surface area contributed by atoms with Crippen LogP contribution in [-0.2, 0) is 15.5 Å². The van der Waals surface area contributed by atoms with Crippen molar-refractivity contribution in [3.05, 3.63) is 45.6 Å². The summed E-state index contributed by atoms with van der Waals surface area (Å²) in [4.78, 5) is 12.9. The molecule has 1 atom stereocenters. The Labute approximate surface area is 186 Å². The zero-order valence-corrected chi connectivity index (χ0v) is 19.9. The maximum absolute atomic E-state index is 14.4. The van der Waals surface area contributed by atoms with Crippen molar-refractivity contribution >= 4 is 33.0 Å². The van der Waals surface area contributed by atoms with Gasteiger partial charge >= 0.3 is 6.03 Å². The zero-order chi connectivity index (χ0) is 23.7. The van der Waals surface area contributed by atoms with Gasteiger partial charge in [-0.2, -0.15) is 5.26 Å². The Morgan fingerprint density at radius 3 is 2.16 bits per heavy atom. The van der Waals surface area contributed by atoms with Crippen LogP contribution >= 0.6 is 11.3 Å². The molecule has 0 aliphatic carbocycles. The predicted octanol–water partition coefficient (Wildman–Crippen LogP) is 5.17. The van der Waals surface area contributed by atoms with Crippen LogP contribution in [0.5, 0.6) is 0 Å². The van der Waals surface area contributed by atoms with Crippen molar-refractivity contribution in [1.29, 1.82) is 5.26 Å². The van der Waals surface area contributed by atoms with E-state index in [1.54, 1.807) is 12.1 Å². The predicted molar refractivity (Wildman–Crippen MR) is 121 cm³/mol. The number of urea groups is 1. The molecule has 0 saturated heterocycles. The van der Waals surface area contributed by atoms with Crippen LogP contribution in [0.25, 0.3) is 0 Å². The van der Waals surface area contributed by atoms with Crippen LogP contribution in [-0.4, -0.2) is 15.3 Å². The number of carbonyl (C=O) groups is 1. The standard InChI is InChI=1S/C21H27FN4O3S2/c1-11(2)14-7-13(10-23)8-15(12(3)4)18(14)25-20(27)26-31(24,29)19-16(22)9-17(30-19)21(5,6)28/h7-9,11-12,28H,1-6H3,(H3,24,25,26,27,29)/t31-/m0/s1. The Morgan fingerprint density at radius 1 is 1.26 bits per heavy atom. The summed E-state index contributed by atoms with van der Waals surface area (Å²) >= 11 is 0.707. The van der Waals surface area contributed by atoms with E-state index in [2.05, 4.69) is 15.7 Å². The Balaban J connectivity index is 2.53. The largest absolute Gasteiger partial charge is 0.385 e. The van der Waals surface area contributed by atoms with Gasteiger partial charge in [0, 0.05) is 10.6 Å². The van der Waals surface area contributed by atoms with Crippen molar-refractivity contribution in [2.45, 2.75) is 63.2 Å². The van der Waals surface area contributed by atoms with E-state index in [9.17, 15) is 23.8 Å². The van der Waals surface area contributed by atoms with E-state index in [0.29, 0.717) is 22.6 Å². The summed E-state index contributed by atoms with van der Waals surface area (Å²) in [5.41, 5.74) is 1.02. The molecule has 1 aromatic carbocycles. The summed E-state index contributed by atoms with van der Waals surface area (Å²) in [5, 5.41) is 27.8. The van der Waals surface area contributed by atoms with E-state index in [1.807, 2.05) is 27.7 Å². The van der Waals surface area contributed by atoms with Crippen LogP contribution < -0.4 is 10.5 Å². The normalized spacial score (nSPS) is 13.7. The molecule has 7 nitrogen and oxygen atoms in total. The molecule has 0 aliphatic rings. The molecular weight excluding hydrogens is 439 g/mol. The van der Waals surface area contributed by atoms with Crippen LogP contribution in [0.3, 0.4) is 0 Å². The molecule has 0 bridgehead atoms. The van der Waals surface area contributed by atoms with Crippen LogP contribution in [0.1, 0.15) is 74.9 Å². The van der Waals surface area contributed by atoms with Gasteiger partial charge in [-0.15, -0.1) is 15.7 Å². The van der Waals surface area contributed by atoms with Gasteiger partial charge in [0.1, 0.15) is 0 Å². The number of nitrogens with one attached hydrogen (secondary N) is 1. The molecule has 0 unspecified atom stereocenters. The number of nitrogens with zero attached hydrogens (tertiary/aromatic N) is 2. The minimum absolute atomic E-state index is 0.0209. The molecule has 1 heterocycles. The van der Waals surface area contributed by atoms with E-state index < -0.39 is 31.6 Å². The second kappa shape index (κ2) is 9.04. The average molecular weight is 467 g/mol. The number of thiophene rings is 1. The molecule has 0 spiro atoms. The number of hydrogen-bond donors (Lipinski definition) is 3. The number of halogens is 1. The summed E-state index contributed by atoms with van der Waals surface area (Å²) in [6, 6.07) is 5.53. The maximum atomic E-state index is 14.4. The molecule has 31 heavy (non-hydrogen) atoms. The van der Waals surface area contributed by atoms with Gasteiger partial charge in [-0.05, 0) is 55.0 Å². The number of aliphatic hydroxyl groups is 1. The van der Waals surface area contributed by atoms with Crippen molar-refractivity contribution in [2.75, 3.05) is 5.32 Å². The van der Waals surface area contributed by atoms with Crippen molar-refractivity contribution in [1.82, 2.24) is 0 Å². The maximum Gasteiger partial charge on any atom is 0.354 e. The summed E-state index contributed by atoms with van der Waals surface area (Å²) in [6.45, 7) is 10.6. The summed E-state index contributed by atoms with van der Waals surface area (Å²) in [6.07, 6.45) is 0. The fourth-order valence-electron chi connectivity index (χ4n) is 2.95. The number of nitrogens with two attached hydrogens (primary N) is 1. The van der Waals surface area contributed by atoms with Crippen LogP contribution in [0.15, 0.2) is 26.8 Å². The molecule has 0 radical (unpaired) electrons. The van der Waals surface area contributed by atoms with Crippen LogP contribution in [0.2, 0.25) is 0 Å². The molecule has 0 aliphatic heterocycles. The van der Waals surface area contributed by atoms with Crippen molar-refractivity contribution < 1.29 is 18.5 Å². The van der Waals surface area contributed by atoms with Crippen molar-refractivity contribution in [3.63, 3.8) is 0 Å². The molecule has 10 heteroatoms. The highest BCUT2D eigenvalue weighted by molar-refractivity contribution is 7.93. The zero-order valence-electron chi connectivity index (χ0n) is 18.3. The van der Waals surface area contributed by atoms with Gasteiger partial charge in [0.2, 0.25) is 0 Å². The highest BCUT2D eigenvalue weighted by Crippen LogP contribution is 2.35. The number of carbonyl (C=O) groups excluding carboxylic acids is 1. The third kappa shape index (κ3) is 5.68. The lowest BCUT2D eigenvalue weighted by molar-refractivity contribution is 0.0823. The van der Waals surface area contributed by atoms with E-state index in [4.69, 9.17) is 5.14 Å². The lowest BCUT2D eigenvalue weighted by Crippen LogP contribution is -2.19. The first-order valence-electron chi connectivity index (χ1n) is 9.63. The summed E-state index contributed by atoms with van der Waals surface area (Å²) in [5.74, 6) is -0.935. The first kappa shape index (κ1) is 24.9. The highest BCUT2D eigenvalue weighted by Gasteiger charge is 2.26. The highest BCUT2D eigenvalue weighted by atomic mass is 32.2. The van der Waals surface area contributed by atoms with Gasteiger partial charge in [0.25, 0.3) is 0 Å². The summed E-state index contributed by atoms with van der Waals surface area (Å²) < 4.78 is 30.4. The first-order chi connectivity index (χ1) is 14.2. The smallest absolute Gasteiger partial charge is 0.354 e. The lowest BCUT2D eigenvalue weighted by atomic mass is 9.90. The third-order valence-electron chi connectivity index (χ3n) is 4.55. The molecule has 1 aromatic heterocycles. The quantitative estimate of drug-likeness (QED) is 0.561. The Hall–Kier alpha value is -2.32. The number of amides is 2. The van der Waals surface area contributed by atoms with Gasteiger partial charge in [-0.1, -0.05) is 27.7 Å². The number of nitriles is 1. The lowest BCUT2D eigenvalue weighted by Gasteiger charge is -2.20. The number of benzene rings is 1. The Morgan fingerprint density at radius 2 is 1.77 bits per heavy atom. The minimum Gasteiger partial charge on any atom is -0.385 e. The number of rotatable bonds is 5. The van der Waals surface area contributed by atoms with Gasteiger partial charge in [0.05, 0.1) is 17.2 Å². The summed E-state index contributed by atoms with van der Waals surface area (Å²) in [7, 11) is -3.89. The molecule has 168 valence electrons. The molecule has 0 saturated carbocycles. The fraction of sp³-hybridized carbons (Fsp3) is 0.429. The van der Waals surface area contributed by atoms with E-state index in [0.717, 1.165) is 17.2 Å². The van der Waals surface area contributed by atoms with Crippen molar-refractivity contribution in [2.24, 2.45) is 9.50 Å². The molecular formula is C21H27FN4O3S2. The molecule has 2 aromatic rings. The fourth-order valence-corrected chi connectivity index (χ4v) is 5.29. The second-order valence-electron chi connectivity index (χ2n) is 8.35. The average Bonchev–Trinajstić information content (AvgIpc) is 3.04. The monoisotopic (exact) mass is 466 g/mol. The van der Waals surface area contributed by atoms with Crippen LogP contribution in [0, 0.1) is 17.1 Å². The van der Waals surface area contributed by atoms with E-state index >= 15 is 0 Å². The Bertz CT molecular complexity index is 1140. The molecule has 2 rings (SSSR count). The Kier molecular flexibility index (Phi) is 7.28. The topological polar surface area (TPSA) is 129 Å². The van der Waals surface area contributed by atoms with E-state index in [-0.39, 0.29) is 16.7 Å². The SMILES string of the molecule is CC(C)c1cc(C#N)cc(C(C)C)c1NC(=O)N=[S@](N)(=O)c1sc(C(C)(C)O)cc1F. The number of hydrogen-bond acceptors (Lipinski definition) is 5. The minimum atomic E-state index is -3.89. The van der Waals surface area contributed by atoms with Crippen LogP contribution in [0.4, 0.5) is 14.9 Å². The van der Waals surface area contributed by atoms with E-state index in [1.165, 1.54) is 13.8 Å². The molecule has 4 N–H and O–H groups in total. The second-order valence-corrected chi connectivity index (χ2v) is 11.4. The first-order valence-corrected chi connectivity index (χ1v) is 12.0. The van der Waals surface area contributed by atoms with Crippen molar-refractivity contribution in [3.8, 4) is 6.07 Å².